The van der Waals surface area contributed by atoms with Crippen LogP contribution >= 0.6 is 11.3 Å². The van der Waals surface area contributed by atoms with Gasteiger partial charge in [-0.15, -0.1) is 11.3 Å². The Morgan fingerprint density at radius 1 is 1.17 bits per heavy atom. The minimum atomic E-state index is 0.0751. The van der Waals surface area contributed by atoms with E-state index in [0.717, 1.165) is 36.6 Å². The van der Waals surface area contributed by atoms with Crippen LogP contribution < -0.4 is 4.90 Å². The van der Waals surface area contributed by atoms with E-state index in [1.54, 1.807) is 11.3 Å². The predicted octanol–water partition coefficient (Wildman–Crippen LogP) is 3.26. The lowest BCUT2D eigenvalue weighted by Gasteiger charge is -2.27. The molecule has 0 spiro atoms. The number of hydrogen-bond acceptors (Lipinski definition) is 4. The lowest BCUT2D eigenvalue weighted by atomic mass is 10.1. The summed E-state index contributed by atoms with van der Waals surface area (Å²) in [5, 5.41) is 0. The molecule has 4 rings (SSSR count). The van der Waals surface area contributed by atoms with Gasteiger partial charge in [0, 0.05) is 23.6 Å². The number of benzene rings is 1. The molecule has 2 aliphatic heterocycles. The van der Waals surface area contributed by atoms with Crippen molar-refractivity contribution >= 4 is 22.9 Å². The SMILES string of the molecule is O=C(c1cc2c(s1)CCOC2)N(c1ccccc1)C1CCOC1. The molecule has 1 atom stereocenters. The number of anilines is 1. The number of thiophene rings is 1. The molecule has 5 heteroatoms. The molecular weight excluding hydrogens is 310 g/mol. The molecule has 1 saturated heterocycles. The zero-order valence-electron chi connectivity index (χ0n) is 12.9. The second-order valence-corrected chi connectivity index (χ2v) is 7.03. The molecule has 0 radical (unpaired) electrons. The number of carbonyl (C=O) groups excluding carboxylic acids is 1. The van der Waals surface area contributed by atoms with Crippen LogP contribution in [0, 0.1) is 0 Å². The number of carbonyl (C=O) groups is 1. The van der Waals surface area contributed by atoms with Crippen LogP contribution in [0.25, 0.3) is 0 Å². The maximum absolute atomic E-state index is 13.2. The van der Waals surface area contributed by atoms with Crippen LogP contribution in [0.3, 0.4) is 0 Å². The van der Waals surface area contributed by atoms with Crippen molar-refractivity contribution in [2.24, 2.45) is 0 Å². The van der Waals surface area contributed by atoms with Crippen molar-refractivity contribution in [3.05, 3.63) is 51.7 Å². The van der Waals surface area contributed by atoms with Crippen molar-refractivity contribution < 1.29 is 14.3 Å². The van der Waals surface area contributed by atoms with E-state index in [4.69, 9.17) is 9.47 Å². The Kier molecular flexibility index (Phi) is 4.16. The maximum atomic E-state index is 13.2. The Morgan fingerprint density at radius 2 is 2.04 bits per heavy atom. The third kappa shape index (κ3) is 2.92. The second kappa shape index (κ2) is 6.43. The van der Waals surface area contributed by atoms with Gasteiger partial charge in [0.15, 0.2) is 0 Å². The van der Waals surface area contributed by atoms with E-state index >= 15 is 0 Å². The third-order valence-corrected chi connectivity index (χ3v) is 5.59. The van der Waals surface area contributed by atoms with Gasteiger partial charge in [0.05, 0.1) is 30.7 Å². The average molecular weight is 329 g/mol. The molecule has 1 amide bonds. The summed E-state index contributed by atoms with van der Waals surface area (Å²) in [6.07, 6.45) is 1.79. The summed E-state index contributed by atoms with van der Waals surface area (Å²) in [5.74, 6) is 0.0751. The van der Waals surface area contributed by atoms with Crippen LogP contribution in [0.2, 0.25) is 0 Å². The molecule has 3 heterocycles. The van der Waals surface area contributed by atoms with Crippen LogP contribution in [-0.2, 0) is 22.5 Å². The summed E-state index contributed by atoms with van der Waals surface area (Å²) in [5.41, 5.74) is 2.11. The number of para-hydroxylation sites is 1. The van der Waals surface area contributed by atoms with E-state index in [-0.39, 0.29) is 11.9 Å². The van der Waals surface area contributed by atoms with Gasteiger partial charge in [-0.25, -0.2) is 0 Å². The Bertz CT molecular complexity index is 668. The van der Waals surface area contributed by atoms with Crippen LogP contribution in [0.5, 0.6) is 0 Å². The van der Waals surface area contributed by atoms with Gasteiger partial charge in [0.2, 0.25) is 0 Å². The topological polar surface area (TPSA) is 38.8 Å². The number of hydrogen-bond donors (Lipinski definition) is 0. The van der Waals surface area contributed by atoms with Crippen molar-refractivity contribution in [3.8, 4) is 0 Å². The number of nitrogens with zero attached hydrogens (tertiary/aromatic N) is 1. The number of ether oxygens (including phenoxy) is 2. The summed E-state index contributed by atoms with van der Waals surface area (Å²) in [6.45, 7) is 2.70. The van der Waals surface area contributed by atoms with Crippen LogP contribution in [-0.4, -0.2) is 31.8 Å². The predicted molar refractivity (Wildman–Crippen MR) is 90.2 cm³/mol. The summed E-state index contributed by atoms with van der Waals surface area (Å²) in [7, 11) is 0. The Morgan fingerprint density at radius 3 is 2.78 bits per heavy atom. The molecule has 4 nitrogen and oxygen atoms in total. The Hall–Kier alpha value is -1.69. The lowest BCUT2D eigenvalue weighted by Crippen LogP contribution is -2.40. The first-order valence-electron chi connectivity index (χ1n) is 7.98. The van der Waals surface area contributed by atoms with Gasteiger partial charge in [-0.3, -0.25) is 4.79 Å². The summed E-state index contributed by atoms with van der Waals surface area (Å²) < 4.78 is 11.0. The van der Waals surface area contributed by atoms with Crippen molar-refractivity contribution in [2.45, 2.75) is 25.5 Å². The van der Waals surface area contributed by atoms with Crippen molar-refractivity contribution in [2.75, 3.05) is 24.7 Å². The minimum Gasteiger partial charge on any atom is -0.379 e. The molecule has 1 aromatic carbocycles. The molecule has 1 unspecified atom stereocenters. The van der Waals surface area contributed by atoms with Gasteiger partial charge in [-0.05, 0) is 30.2 Å². The molecule has 1 aromatic heterocycles. The number of fused-ring (bicyclic) bond motifs is 1. The molecule has 23 heavy (non-hydrogen) atoms. The zero-order chi connectivity index (χ0) is 15.6. The van der Waals surface area contributed by atoms with E-state index in [0.29, 0.717) is 13.2 Å². The first-order valence-corrected chi connectivity index (χ1v) is 8.80. The van der Waals surface area contributed by atoms with E-state index in [1.165, 1.54) is 10.4 Å². The van der Waals surface area contributed by atoms with E-state index in [1.807, 2.05) is 41.3 Å². The van der Waals surface area contributed by atoms with E-state index in [2.05, 4.69) is 0 Å². The molecule has 0 N–H and O–H groups in total. The largest absolute Gasteiger partial charge is 0.379 e. The average Bonchev–Trinajstić information content (AvgIpc) is 3.25. The first-order chi connectivity index (χ1) is 11.3. The fourth-order valence-electron chi connectivity index (χ4n) is 3.18. The standard InChI is InChI=1S/C18H19NO3S/c20-18(17-10-13-11-21-9-7-16(13)23-17)19(15-6-8-22-12-15)14-4-2-1-3-5-14/h1-5,10,15H,6-9,11-12H2. The molecule has 0 aliphatic carbocycles. The van der Waals surface area contributed by atoms with Gasteiger partial charge in [0.25, 0.3) is 5.91 Å². The van der Waals surface area contributed by atoms with E-state index in [9.17, 15) is 4.79 Å². The maximum Gasteiger partial charge on any atom is 0.268 e. The van der Waals surface area contributed by atoms with Crippen molar-refractivity contribution in [3.63, 3.8) is 0 Å². The van der Waals surface area contributed by atoms with Gasteiger partial charge in [-0.2, -0.15) is 0 Å². The van der Waals surface area contributed by atoms with Crippen LogP contribution in [0.1, 0.15) is 26.5 Å². The summed E-state index contributed by atoms with van der Waals surface area (Å²) in [6, 6.07) is 12.0. The molecule has 2 aromatic rings. The van der Waals surface area contributed by atoms with Gasteiger partial charge >= 0.3 is 0 Å². The molecule has 1 fully saturated rings. The minimum absolute atomic E-state index is 0.0751. The highest BCUT2D eigenvalue weighted by Crippen LogP contribution is 2.31. The fourth-order valence-corrected chi connectivity index (χ4v) is 4.27. The molecule has 0 saturated carbocycles. The first kappa shape index (κ1) is 14.9. The Labute approximate surface area is 139 Å². The van der Waals surface area contributed by atoms with Gasteiger partial charge < -0.3 is 14.4 Å². The fraction of sp³-hybridized carbons (Fsp3) is 0.389. The molecule has 2 aliphatic rings. The normalized spacial score (nSPS) is 20.3. The zero-order valence-corrected chi connectivity index (χ0v) is 13.7. The van der Waals surface area contributed by atoms with E-state index < -0.39 is 0 Å². The number of amides is 1. The molecule has 0 bridgehead atoms. The van der Waals surface area contributed by atoms with Crippen molar-refractivity contribution in [1.29, 1.82) is 0 Å². The quantitative estimate of drug-likeness (QED) is 0.867. The van der Waals surface area contributed by atoms with Crippen molar-refractivity contribution in [1.82, 2.24) is 0 Å². The van der Waals surface area contributed by atoms with Gasteiger partial charge in [-0.1, -0.05) is 18.2 Å². The van der Waals surface area contributed by atoms with Gasteiger partial charge in [0.1, 0.15) is 0 Å². The molecular formula is C18H19NO3S. The Balaban J connectivity index is 1.68. The number of rotatable bonds is 3. The van der Waals surface area contributed by atoms with Crippen LogP contribution in [0.4, 0.5) is 5.69 Å². The smallest absolute Gasteiger partial charge is 0.268 e. The highest BCUT2D eigenvalue weighted by Gasteiger charge is 2.31. The third-order valence-electron chi connectivity index (χ3n) is 4.36. The summed E-state index contributed by atoms with van der Waals surface area (Å²) >= 11 is 1.61. The monoisotopic (exact) mass is 329 g/mol. The molecule has 120 valence electrons. The summed E-state index contributed by atoms with van der Waals surface area (Å²) in [4.78, 5) is 17.2. The second-order valence-electron chi connectivity index (χ2n) is 5.89. The van der Waals surface area contributed by atoms with Crippen LogP contribution in [0.15, 0.2) is 36.4 Å². The highest BCUT2D eigenvalue weighted by molar-refractivity contribution is 7.14. The highest BCUT2D eigenvalue weighted by atomic mass is 32.1. The lowest BCUT2D eigenvalue weighted by molar-refractivity contribution is 0.0975.